The van der Waals surface area contributed by atoms with Gasteiger partial charge in [-0.25, -0.2) is 4.79 Å². The fourth-order valence-electron chi connectivity index (χ4n) is 3.11. The third-order valence-electron chi connectivity index (χ3n) is 4.77. The Morgan fingerprint density at radius 3 is 2.41 bits per heavy atom. The van der Waals surface area contributed by atoms with Crippen LogP contribution < -0.4 is 5.32 Å². The highest BCUT2D eigenvalue weighted by Gasteiger charge is 2.24. The van der Waals surface area contributed by atoms with Crippen LogP contribution in [0.25, 0.3) is 0 Å². The van der Waals surface area contributed by atoms with E-state index in [0.29, 0.717) is 37.5 Å². The lowest BCUT2D eigenvalue weighted by Gasteiger charge is -2.34. The summed E-state index contributed by atoms with van der Waals surface area (Å²) in [6.45, 7) is 4.15. The number of hydrogen-bond donors (Lipinski definition) is 1. The highest BCUT2D eigenvalue weighted by Crippen LogP contribution is 2.15. The van der Waals surface area contributed by atoms with Crippen LogP contribution in [0, 0.1) is 18.3 Å². The molecule has 2 aromatic rings. The van der Waals surface area contributed by atoms with Crippen LogP contribution in [0.2, 0.25) is 0 Å². The second-order valence-corrected chi connectivity index (χ2v) is 7.95. The van der Waals surface area contributed by atoms with Crippen molar-refractivity contribution in [3.63, 3.8) is 0 Å². The quantitative estimate of drug-likeness (QED) is 0.822. The van der Waals surface area contributed by atoms with Crippen molar-refractivity contribution in [2.75, 3.05) is 37.2 Å². The van der Waals surface area contributed by atoms with Gasteiger partial charge in [0.1, 0.15) is 0 Å². The number of nitrogens with one attached hydrogen (secondary N) is 1. The molecule has 3 rings (SSSR count). The summed E-state index contributed by atoms with van der Waals surface area (Å²) in [7, 11) is 0. The second kappa shape index (κ2) is 9.99. The molecule has 1 N–H and O–H groups in total. The molecule has 0 aliphatic carbocycles. The number of anilines is 1. The molecule has 0 unspecified atom stereocenters. The summed E-state index contributed by atoms with van der Waals surface area (Å²) in [5, 5.41) is 11.7. The first-order chi connectivity index (χ1) is 14.0. The number of nitrogens with zero attached hydrogens (tertiary/aromatic N) is 3. The SMILES string of the molecule is Cc1cccc(NC(=O)N2CCN(C(=O)CSCc3ccc(C#N)cc3)CC2)c1. The molecule has 2 aromatic carbocycles. The Morgan fingerprint density at radius 1 is 1.07 bits per heavy atom. The first-order valence-corrected chi connectivity index (χ1v) is 10.7. The third-order valence-corrected chi connectivity index (χ3v) is 5.75. The molecule has 7 heteroatoms. The van der Waals surface area contributed by atoms with Gasteiger partial charge in [-0.3, -0.25) is 4.79 Å². The molecule has 150 valence electrons. The maximum absolute atomic E-state index is 12.4. The average molecular weight is 409 g/mol. The Labute approximate surface area is 175 Å². The summed E-state index contributed by atoms with van der Waals surface area (Å²) in [6.07, 6.45) is 0. The zero-order valence-corrected chi connectivity index (χ0v) is 17.2. The van der Waals surface area contributed by atoms with Gasteiger partial charge in [-0.1, -0.05) is 24.3 Å². The number of benzene rings is 2. The number of urea groups is 1. The van der Waals surface area contributed by atoms with Gasteiger partial charge >= 0.3 is 6.03 Å². The molecule has 0 aromatic heterocycles. The molecule has 0 radical (unpaired) electrons. The van der Waals surface area contributed by atoms with E-state index in [1.807, 2.05) is 48.2 Å². The summed E-state index contributed by atoms with van der Waals surface area (Å²) >= 11 is 1.56. The zero-order chi connectivity index (χ0) is 20.6. The van der Waals surface area contributed by atoms with Crippen molar-refractivity contribution >= 4 is 29.4 Å². The predicted octanol–water partition coefficient (Wildman–Crippen LogP) is 3.48. The van der Waals surface area contributed by atoms with Gasteiger partial charge in [-0.05, 0) is 42.3 Å². The molecular weight excluding hydrogens is 384 g/mol. The Hall–Kier alpha value is -2.98. The number of nitriles is 1. The standard InChI is InChI=1S/C22H24N4O2S/c1-17-3-2-4-20(13-17)24-22(28)26-11-9-25(10-12-26)21(27)16-29-15-19-7-5-18(14-23)6-8-19/h2-8,13H,9-12,15-16H2,1H3,(H,24,28). The summed E-state index contributed by atoms with van der Waals surface area (Å²) < 4.78 is 0. The van der Waals surface area contributed by atoms with Crippen LogP contribution in [-0.4, -0.2) is 53.7 Å². The monoisotopic (exact) mass is 408 g/mol. The van der Waals surface area contributed by atoms with Crippen molar-refractivity contribution in [2.45, 2.75) is 12.7 Å². The Kier molecular flexibility index (Phi) is 7.14. The molecular formula is C22H24N4O2S. The van der Waals surface area contributed by atoms with Gasteiger partial charge in [-0.15, -0.1) is 11.8 Å². The summed E-state index contributed by atoms with van der Waals surface area (Å²) in [5.74, 6) is 1.24. The van der Waals surface area contributed by atoms with Gasteiger partial charge in [0, 0.05) is 37.6 Å². The molecule has 1 saturated heterocycles. The van der Waals surface area contributed by atoms with Crippen LogP contribution in [0.15, 0.2) is 48.5 Å². The fraction of sp³-hybridized carbons (Fsp3) is 0.318. The molecule has 0 spiro atoms. The van der Waals surface area contributed by atoms with E-state index in [0.717, 1.165) is 22.6 Å². The van der Waals surface area contributed by atoms with E-state index in [1.165, 1.54) is 0 Å². The molecule has 0 saturated carbocycles. The Morgan fingerprint density at radius 2 is 1.76 bits per heavy atom. The van der Waals surface area contributed by atoms with Gasteiger partial charge in [0.25, 0.3) is 0 Å². The van der Waals surface area contributed by atoms with E-state index >= 15 is 0 Å². The lowest BCUT2D eigenvalue weighted by atomic mass is 10.2. The molecule has 1 heterocycles. The summed E-state index contributed by atoms with van der Waals surface area (Å²) in [4.78, 5) is 28.4. The van der Waals surface area contributed by atoms with Gasteiger partial charge in [0.2, 0.25) is 5.91 Å². The fourth-order valence-corrected chi connectivity index (χ4v) is 3.99. The minimum Gasteiger partial charge on any atom is -0.338 e. The average Bonchev–Trinajstić information content (AvgIpc) is 2.74. The topological polar surface area (TPSA) is 76.4 Å². The van der Waals surface area contributed by atoms with Crippen LogP contribution in [0.4, 0.5) is 10.5 Å². The predicted molar refractivity (Wildman–Crippen MR) is 116 cm³/mol. The Bertz CT molecular complexity index is 900. The largest absolute Gasteiger partial charge is 0.338 e. The summed E-state index contributed by atoms with van der Waals surface area (Å²) in [6, 6.07) is 17.1. The van der Waals surface area contributed by atoms with Gasteiger partial charge in [0.05, 0.1) is 17.4 Å². The molecule has 0 atom stereocenters. The molecule has 1 aliphatic rings. The minimum atomic E-state index is -0.127. The number of piperazine rings is 1. The van der Waals surface area contributed by atoms with Crippen molar-refractivity contribution in [1.82, 2.24) is 9.80 Å². The number of amides is 3. The van der Waals surface area contributed by atoms with E-state index in [9.17, 15) is 9.59 Å². The molecule has 3 amide bonds. The van der Waals surface area contributed by atoms with E-state index in [1.54, 1.807) is 28.8 Å². The maximum atomic E-state index is 12.4. The molecule has 29 heavy (non-hydrogen) atoms. The van der Waals surface area contributed by atoms with Gasteiger partial charge in [-0.2, -0.15) is 5.26 Å². The van der Waals surface area contributed by atoms with Crippen molar-refractivity contribution in [3.05, 3.63) is 65.2 Å². The third kappa shape index (κ3) is 6.00. The van der Waals surface area contributed by atoms with E-state index in [-0.39, 0.29) is 11.9 Å². The van der Waals surface area contributed by atoms with E-state index in [2.05, 4.69) is 11.4 Å². The number of rotatable bonds is 5. The Balaban J connectivity index is 1.39. The molecule has 1 aliphatic heterocycles. The lowest BCUT2D eigenvalue weighted by molar-refractivity contribution is -0.129. The number of thioether (sulfide) groups is 1. The lowest BCUT2D eigenvalue weighted by Crippen LogP contribution is -2.52. The van der Waals surface area contributed by atoms with Crippen molar-refractivity contribution in [1.29, 1.82) is 5.26 Å². The normalized spacial score (nSPS) is 13.7. The van der Waals surface area contributed by atoms with Crippen LogP contribution in [0.3, 0.4) is 0 Å². The molecule has 6 nitrogen and oxygen atoms in total. The first-order valence-electron chi connectivity index (χ1n) is 9.52. The van der Waals surface area contributed by atoms with Crippen LogP contribution in [0.1, 0.15) is 16.7 Å². The number of hydrogen-bond acceptors (Lipinski definition) is 4. The molecule has 1 fully saturated rings. The first kappa shape index (κ1) is 20.7. The van der Waals surface area contributed by atoms with Crippen LogP contribution in [0.5, 0.6) is 0 Å². The van der Waals surface area contributed by atoms with Crippen molar-refractivity contribution in [2.24, 2.45) is 0 Å². The number of carbonyl (C=O) groups is 2. The van der Waals surface area contributed by atoms with E-state index < -0.39 is 0 Å². The highest BCUT2D eigenvalue weighted by molar-refractivity contribution is 7.99. The second-order valence-electron chi connectivity index (χ2n) is 6.97. The molecule has 0 bridgehead atoms. The summed E-state index contributed by atoms with van der Waals surface area (Å²) in [5.41, 5.74) is 3.61. The van der Waals surface area contributed by atoms with E-state index in [4.69, 9.17) is 5.26 Å². The van der Waals surface area contributed by atoms with Crippen molar-refractivity contribution < 1.29 is 9.59 Å². The van der Waals surface area contributed by atoms with Crippen molar-refractivity contribution in [3.8, 4) is 6.07 Å². The minimum absolute atomic E-state index is 0.0994. The number of aryl methyl sites for hydroxylation is 1. The van der Waals surface area contributed by atoms with Gasteiger partial charge < -0.3 is 15.1 Å². The van der Waals surface area contributed by atoms with Crippen LogP contribution in [-0.2, 0) is 10.5 Å². The highest BCUT2D eigenvalue weighted by atomic mass is 32.2. The smallest absolute Gasteiger partial charge is 0.321 e. The van der Waals surface area contributed by atoms with Gasteiger partial charge in [0.15, 0.2) is 0 Å². The van der Waals surface area contributed by atoms with Crippen LogP contribution >= 0.6 is 11.8 Å². The number of carbonyl (C=O) groups excluding carboxylic acids is 2. The zero-order valence-electron chi connectivity index (χ0n) is 16.4. The maximum Gasteiger partial charge on any atom is 0.321 e.